The summed E-state index contributed by atoms with van der Waals surface area (Å²) in [4.78, 5) is 4.63. The molecule has 2 nitrogen and oxygen atoms in total. The van der Waals surface area contributed by atoms with Crippen molar-refractivity contribution in [2.45, 2.75) is 26.2 Å². The molecule has 1 aromatic carbocycles. The monoisotopic (exact) mass is 266 g/mol. The zero-order valence-corrected chi connectivity index (χ0v) is 11.7. The van der Waals surface area contributed by atoms with Crippen molar-refractivity contribution >= 4 is 27.9 Å². The maximum absolute atomic E-state index is 6.03. The maximum Gasteiger partial charge on any atom is 0.114 e. The summed E-state index contributed by atoms with van der Waals surface area (Å²) in [5, 5.41) is 2.49. The summed E-state index contributed by atoms with van der Waals surface area (Å²) in [6.45, 7) is 6.40. The molecule has 90 valence electrons. The molecule has 2 rings (SSSR count). The van der Waals surface area contributed by atoms with Crippen LogP contribution in [0.5, 0.6) is 0 Å². The summed E-state index contributed by atoms with van der Waals surface area (Å²) >= 11 is 7.52. The average Bonchev–Trinajstić information content (AvgIpc) is 2.60. The number of thiazole rings is 1. The SMILES string of the molecule is CC(C)(C)c1nc(-c2cccc(Cl)c2)c(N)s1. The van der Waals surface area contributed by atoms with Crippen LogP contribution < -0.4 is 5.73 Å². The molecule has 0 spiro atoms. The van der Waals surface area contributed by atoms with E-state index in [0.717, 1.165) is 21.3 Å². The summed E-state index contributed by atoms with van der Waals surface area (Å²) in [6, 6.07) is 7.62. The first-order valence-corrected chi connectivity index (χ1v) is 6.60. The van der Waals surface area contributed by atoms with Crippen LogP contribution in [0.1, 0.15) is 25.8 Å². The van der Waals surface area contributed by atoms with Gasteiger partial charge in [-0.3, -0.25) is 0 Å². The van der Waals surface area contributed by atoms with Gasteiger partial charge >= 0.3 is 0 Å². The number of benzene rings is 1. The van der Waals surface area contributed by atoms with Crippen molar-refractivity contribution in [3.05, 3.63) is 34.3 Å². The van der Waals surface area contributed by atoms with Crippen molar-refractivity contribution in [2.75, 3.05) is 5.73 Å². The van der Waals surface area contributed by atoms with Gasteiger partial charge in [-0.15, -0.1) is 11.3 Å². The fourth-order valence-electron chi connectivity index (χ4n) is 1.50. The lowest BCUT2D eigenvalue weighted by atomic mass is 9.98. The Kier molecular flexibility index (Phi) is 3.15. The largest absolute Gasteiger partial charge is 0.389 e. The summed E-state index contributed by atoms with van der Waals surface area (Å²) in [7, 11) is 0. The fraction of sp³-hybridized carbons (Fsp3) is 0.308. The van der Waals surface area contributed by atoms with Gasteiger partial charge in [-0.05, 0) is 12.1 Å². The van der Waals surface area contributed by atoms with Gasteiger partial charge < -0.3 is 5.73 Å². The van der Waals surface area contributed by atoms with E-state index in [9.17, 15) is 0 Å². The number of halogens is 1. The number of hydrogen-bond acceptors (Lipinski definition) is 3. The Bertz CT molecular complexity index is 541. The summed E-state index contributed by atoms with van der Waals surface area (Å²) in [5.41, 5.74) is 7.87. The molecule has 1 heterocycles. The van der Waals surface area contributed by atoms with Crippen molar-refractivity contribution in [2.24, 2.45) is 0 Å². The van der Waals surface area contributed by atoms with Gasteiger partial charge in [0.1, 0.15) is 15.7 Å². The summed E-state index contributed by atoms with van der Waals surface area (Å²) < 4.78 is 0. The van der Waals surface area contributed by atoms with Gasteiger partial charge in [-0.1, -0.05) is 44.5 Å². The molecule has 0 aliphatic heterocycles. The fourth-order valence-corrected chi connectivity index (χ4v) is 2.60. The third-order valence-electron chi connectivity index (χ3n) is 2.39. The van der Waals surface area contributed by atoms with Crippen LogP contribution in [-0.2, 0) is 5.41 Å². The molecule has 0 bridgehead atoms. The molecule has 0 saturated heterocycles. The topological polar surface area (TPSA) is 38.9 Å². The Morgan fingerprint density at radius 2 is 2.00 bits per heavy atom. The van der Waals surface area contributed by atoms with Crippen LogP contribution in [0.3, 0.4) is 0 Å². The molecular formula is C13H15ClN2S. The molecule has 2 aromatic rings. The van der Waals surface area contributed by atoms with Crippen LogP contribution in [0.2, 0.25) is 5.02 Å². The van der Waals surface area contributed by atoms with Gasteiger partial charge in [0.05, 0.1) is 0 Å². The van der Waals surface area contributed by atoms with Gasteiger partial charge in [0.25, 0.3) is 0 Å². The highest BCUT2D eigenvalue weighted by atomic mass is 35.5. The van der Waals surface area contributed by atoms with E-state index in [1.54, 1.807) is 11.3 Å². The number of nitrogens with zero attached hydrogens (tertiary/aromatic N) is 1. The number of aromatic nitrogens is 1. The molecule has 0 amide bonds. The van der Waals surface area contributed by atoms with Crippen molar-refractivity contribution in [3.8, 4) is 11.3 Å². The lowest BCUT2D eigenvalue weighted by molar-refractivity contribution is 0.586. The smallest absolute Gasteiger partial charge is 0.114 e. The summed E-state index contributed by atoms with van der Waals surface area (Å²) in [6.07, 6.45) is 0. The highest BCUT2D eigenvalue weighted by molar-refractivity contribution is 7.16. The Hall–Kier alpha value is -1.06. The number of rotatable bonds is 1. The zero-order valence-electron chi connectivity index (χ0n) is 10.1. The minimum Gasteiger partial charge on any atom is -0.389 e. The second-order valence-corrected chi connectivity index (χ2v) is 6.46. The van der Waals surface area contributed by atoms with Gasteiger partial charge in [-0.25, -0.2) is 4.98 Å². The normalized spacial score (nSPS) is 11.8. The van der Waals surface area contributed by atoms with Crippen molar-refractivity contribution in [1.29, 1.82) is 0 Å². The predicted octanol–water partition coefficient (Wildman–Crippen LogP) is 4.34. The highest BCUT2D eigenvalue weighted by Gasteiger charge is 2.21. The van der Waals surface area contributed by atoms with Crippen LogP contribution in [0.15, 0.2) is 24.3 Å². The molecule has 17 heavy (non-hydrogen) atoms. The number of nitrogens with two attached hydrogens (primary N) is 1. The van der Waals surface area contributed by atoms with E-state index in [1.165, 1.54) is 0 Å². The lowest BCUT2D eigenvalue weighted by Gasteiger charge is -2.13. The van der Waals surface area contributed by atoms with Crippen LogP contribution in [0.4, 0.5) is 5.00 Å². The maximum atomic E-state index is 6.03. The molecule has 0 radical (unpaired) electrons. The molecule has 0 aliphatic rings. The quantitative estimate of drug-likeness (QED) is 0.834. The van der Waals surface area contributed by atoms with E-state index in [2.05, 4.69) is 25.8 Å². The van der Waals surface area contributed by atoms with Gasteiger partial charge in [0.2, 0.25) is 0 Å². The van der Waals surface area contributed by atoms with Gasteiger partial charge in [-0.2, -0.15) is 0 Å². The first kappa shape index (κ1) is 12.4. The van der Waals surface area contributed by atoms with Crippen molar-refractivity contribution in [1.82, 2.24) is 4.98 Å². The number of nitrogen functional groups attached to an aromatic ring is 1. The second kappa shape index (κ2) is 4.31. The Morgan fingerprint density at radius 3 is 2.53 bits per heavy atom. The molecule has 2 N–H and O–H groups in total. The van der Waals surface area contributed by atoms with Crippen molar-refractivity contribution < 1.29 is 0 Å². The Morgan fingerprint density at radius 1 is 1.29 bits per heavy atom. The van der Waals surface area contributed by atoms with Gasteiger partial charge in [0.15, 0.2) is 0 Å². The van der Waals surface area contributed by atoms with E-state index < -0.39 is 0 Å². The van der Waals surface area contributed by atoms with Crippen LogP contribution in [0, 0.1) is 0 Å². The number of hydrogen-bond donors (Lipinski definition) is 1. The molecule has 0 atom stereocenters. The average molecular weight is 267 g/mol. The highest BCUT2D eigenvalue weighted by Crippen LogP contribution is 2.36. The van der Waals surface area contributed by atoms with E-state index in [1.807, 2.05) is 24.3 Å². The molecular weight excluding hydrogens is 252 g/mol. The standard InChI is InChI=1S/C13H15ClN2S/c1-13(2,3)12-16-10(11(15)17-12)8-5-4-6-9(14)7-8/h4-7H,15H2,1-3H3. The predicted molar refractivity (Wildman–Crippen MR) is 75.7 cm³/mol. The third-order valence-corrected chi connectivity index (χ3v) is 3.94. The van der Waals surface area contributed by atoms with E-state index in [-0.39, 0.29) is 5.41 Å². The van der Waals surface area contributed by atoms with Crippen LogP contribution >= 0.6 is 22.9 Å². The second-order valence-electron chi connectivity index (χ2n) is 4.99. The molecule has 0 unspecified atom stereocenters. The molecule has 0 saturated carbocycles. The van der Waals surface area contributed by atoms with Crippen molar-refractivity contribution in [3.63, 3.8) is 0 Å². The lowest BCUT2D eigenvalue weighted by Crippen LogP contribution is -2.10. The van der Waals surface area contributed by atoms with Crippen LogP contribution in [0.25, 0.3) is 11.3 Å². The Balaban J connectivity index is 2.50. The number of anilines is 1. The zero-order chi connectivity index (χ0) is 12.6. The molecule has 1 aromatic heterocycles. The minimum atomic E-state index is 0.0234. The molecule has 0 aliphatic carbocycles. The van der Waals surface area contributed by atoms with E-state index >= 15 is 0 Å². The summed E-state index contributed by atoms with van der Waals surface area (Å²) in [5.74, 6) is 0. The first-order valence-electron chi connectivity index (χ1n) is 5.40. The third kappa shape index (κ3) is 2.61. The van der Waals surface area contributed by atoms with E-state index in [4.69, 9.17) is 17.3 Å². The molecule has 4 heteroatoms. The van der Waals surface area contributed by atoms with Crippen LogP contribution in [-0.4, -0.2) is 4.98 Å². The molecule has 0 fully saturated rings. The van der Waals surface area contributed by atoms with Gasteiger partial charge in [0, 0.05) is 16.0 Å². The minimum absolute atomic E-state index is 0.0234. The Labute approximate surface area is 110 Å². The first-order chi connectivity index (χ1) is 7.88. The van der Waals surface area contributed by atoms with E-state index in [0.29, 0.717) is 5.02 Å².